The van der Waals surface area contributed by atoms with E-state index in [9.17, 15) is 14.9 Å². The minimum atomic E-state index is -0.404. The maximum absolute atomic E-state index is 11.7. The first-order valence-electron chi connectivity index (χ1n) is 10.6. The number of aryl methyl sites for hydroxylation is 1. The standard InChI is InChI=1S/C24H22N2O7/c1-15-12-23(27)33-22-14-17(3-4-18(15)22)31-9-6-21-24(25-7-10-30-11-8-25)19-13-16(26(28)29)2-5-20(19)32-21/h2-6,12-14,24H,7-11H2,1H3/b21-6+. The summed E-state index contributed by atoms with van der Waals surface area (Å²) < 4.78 is 22.7. The molecule has 2 aliphatic heterocycles. The van der Waals surface area contributed by atoms with E-state index in [0.717, 1.165) is 16.5 Å². The van der Waals surface area contributed by atoms with Crippen LogP contribution in [0.2, 0.25) is 0 Å². The van der Waals surface area contributed by atoms with Crippen LogP contribution in [0.3, 0.4) is 0 Å². The molecule has 33 heavy (non-hydrogen) atoms. The Morgan fingerprint density at radius 2 is 2.00 bits per heavy atom. The van der Waals surface area contributed by atoms with Crippen LogP contribution in [0.5, 0.6) is 11.5 Å². The third kappa shape index (κ3) is 4.20. The van der Waals surface area contributed by atoms with Gasteiger partial charge in [-0.2, -0.15) is 0 Å². The monoisotopic (exact) mass is 450 g/mol. The Balaban J connectivity index is 1.40. The van der Waals surface area contributed by atoms with Crippen LogP contribution in [-0.2, 0) is 4.74 Å². The first-order chi connectivity index (χ1) is 16.0. The van der Waals surface area contributed by atoms with Crippen LogP contribution in [0.15, 0.2) is 63.5 Å². The number of nitro benzene ring substituents is 1. The summed E-state index contributed by atoms with van der Waals surface area (Å²) in [6.45, 7) is 4.64. The van der Waals surface area contributed by atoms with Gasteiger partial charge in [0.1, 0.15) is 29.4 Å². The maximum atomic E-state index is 11.7. The molecule has 170 valence electrons. The van der Waals surface area contributed by atoms with Gasteiger partial charge < -0.3 is 18.6 Å². The lowest BCUT2D eigenvalue weighted by Crippen LogP contribution is -2.39. The van der Waals surface area contributed by atoms with Crippen LogP contribution >= 0.6 is 0 Å². The van der Waals surface area contributed by atoms with E-state index >= 15 is 0 Å². The van der Waals surface area contributed by atoms with Crippen molar-refractivity contribution in [3.8, 4) is 11.5 Å². The first-order valence-corrected chi connectivity index (χ1v) is 10.6. The van der Waals surface area contributed by atoms with Crippen molar-refractivity contribution in [1.29, 1.82) is 0 Å². The molecule has 0 radical (unpaired) electrons. The summed E-state index contributed by atoms with van der Waals surface area (Å²) in [7, 11) is 0. The van der Waals surface area contributed by atoms with E-state index in [4.69, 9.17) is 18.6 Å². The van der Waals surface area contributed by atoms with Crippen molar-refractivity contribution in [2.45, 2.75) is 13.0 Å². The second kappa shape index (κ2) is 8.68. The number of benzene rings is 2. The number of rotatable bonds is 5. The molecule has 1 aromatic heterocycles. The smallest absolute Gasteiger partial charge is 0.336 e. The molecular formula is C24H22N2O7. The molecule has 0 saturated carbocycles. The van der Waals surface area contributed by atoms with Crippen molar-refractivity contribution >= 4 is 16.7 Å². The zero-order valence-electron chi connectivity index (χ0n) is 18.0. The van der Waals surface area contributed by atoms with Crippen molar-refractivity contribution in [3.05, 3.63) is 86.0 Å². The fourth-order valence-electron chi connectivity index (χ4n) is 4.27. The number of nitro groups is 1. The Labute approximate surface area is 188 Å². The fourth-order valence-corrected chi connectivity index (χ4v) is 4.27. The Kier molecular flexibility index (Phi) is 5.57. The number of fused-ring (bicyclic) bond motifs is 2. The molecule has 5 rings (SSSR count). The van der Waals surface area contributed by atoms with E-state index in [-0.39, 0.29) is 18.3 Å². The molecule has 0 aliphatic carbocycles. The lowest BCUT2D eigenvalue weighted by molar-refractivity contribution is -0.384. The molecule has 0 amide bonds. The van der Waals surface area contributed by atoms with E-state index in [2.05, 4.69) is 4.90 Å². The molecule has 3 aromatic rings. The molecule has 2 aliphatic rings. The molecule has 2 aromatic carbocycles. The molecule has 9 nitrogen and oxygen atoms in total. The molecule has 3 heterocycles. The van der Waals surface area contributed by atoms with E-state index in [1.807, 2.05) is 25.1 Å². The van der Waals surface area contributed by atoms with Crippen LogP contribution in [0, 0.1) is 17.0 Å². The summed E-state index contributed by atoms with van der Waals surface area (Å²) in [6.07, 6.45) is 1.84. The minimum absolute atomic E-state index is 0.0288. The van der Waals surface area contributed by atoms with E-state index < -0.39 is 10.5 Å². The third-order valence-corrected chi connectivity index (χ3v) is 5.86. The number of non-ortho nitro benzene ring substituents is 1. The van der Waals surface area contributed by atoms with Gasteiger partial charge in [0.15, 0.2) is 0 Å². The zero-order chi connectivity index (χ0) is 22.9. The van der Waals surface area contributed by atoms with Crippen molar-refractivity contribution < 1.29 is 23.6 Å². The SMILES string of the molecule is Cc1cc(=O)oc2cc(OC/C=C3/Oc4ccc([N+](=O)[O-])cc4C3N3CCOCC3)ccc12. The topological polar surface area (TPSA) is 104 Å². The quantitative estimate of drug-likeness (QED) is 0.329. The average Bonchev–Trinajstić information content (AvgIpc) is 3.16. The van der Waals surface area contributed by atoms with Gasteiger partial charge in [-0.1, -0.05) is 0 Å². The van der Waals surface area contributed by atoms with Gasteiger partial charge >= 0.3 is 5.63 Å². The molecule has 0 bridgehead atoms. The molecule has 1 atom stereocenters. The highest BCUT2D eigenvalue weighted by Crippen LogP contribution is 2.44. The highest BCUT2D eigenvalue weighted by molar-refractivity contribution is 5.81. The lowest BCUT2D eigenvalue weighted by Gasteiger charge is -2.32. The fraction of sp³-hybridized carbons (Fsp3) is 0.292. The molecule has 1 fully saturated rings. The van der Waals surface area contributed by atoms with Crippen LogP contribution in [0.25, 0.3) is 11.0 Å². The lowest BCUT2D eigenvalue weighted by atomic mass is 10.0. The highest BCUT2D eigenvalue weighted by Gasteiger charge is 2.36. The molecule has 9 heteroatoms. The second-order valence-electron chi connectivity index (χ2n) is 7.96. The molecule has 1 saturated heterocycles. The summed E-state index contributed by atoms with van der Waals surface area (Å²) in [5, 5.41) is 12.1. The van der Waals surface area contributed by atoms with Crippen LogP contribution in [-0.4, -0.2) is 42.7 Å². The Hall–Kier alpha value is -3.69. The Bertz CT molecular complexity index is 1310. The highest BCUT2D eigenvalue weighted by atomic mass is 16.6. The maximum Gasteiger partial charge on any atom is 0.336 e. The van der Waals surface area contributed by atoms with Gasteiger partial charge in [0.05, 0.1) is 24.2 Å². The first kappa shape index (κ1) is 21.2. The van der Waals surface area contributed by atoms with Crippen LogP contribution in [0.1, 0.15) is 17.2 Å². The number of hydrogen-bond donors (Lipinski definition) is 0. The van der Waals surface area contributed by atoms with Gasteiger partial charge in [-0.05, 0) is 36.8 Å². The summed E-state index contributed by atoms with van der Waals surface area (Å²) in [5.41, 5.74) is 1.70. The predicted molar refractivity (Wildman–Crippen MR) is 120 cm³/mol. The second-order valence-corrected chi connectivity index (χ2v) is 7.96. The van der Waals surface area contributed by atoms with Crippen LogP contribution in [0.4, 0.5) is 5.69 Å². The third-order valence-electron chi connectivity index (χ3n) is 5.86. The number of ether oxygens (including phenoxy) is 3. The molecular weight excluding hydrogens is 428 g/mol. The summed E-state index contributed by atoms with van der Waals surface area (Å²) in [4.78, 5) is 24.8. The van der Waals surface area contributed by atoms with Gasteiger partial charge in [-0.15, -0.1) is 0 Å². The molecule has 0 N–H and O–H groups in total. The number of hydrogen-bond acceptors (Lipinski definition) is 8. The van der Waals surface area contributed by atoms with Crippen molar-refractivity contribution in [3.63, 3.8) is 0 Å². The van der Waals surface area contributed by atoms with Gasteiger partial charge in [0.25, 0.3) is 5.69 Å². The molecule has 1 unspecified atom stereocenters. The number of morpholine rings is 1. The Morgan fingerprint density at radius 3 is 2.79 bits per heavy atom. The predicted octanol–water partition coefficient (Wildman–Crippen LogP) is 3.74. The number of nitrogens with zero attached hydrogens (tertiary/aromatic N) is 2. The summed E-state index contributed by atoms with van der Waals surface area (Å²) in [5.74, 6) is 1.82. The molecule has 0 spiro atoms. The van der Waals surface area contributed by atoms with E-state index in [0.29, 0.717) is 49.1 Å². The van der Waals surface area contributed by atoms with Gasteiger partial charge in [-0.3, -0.25) is 15.0 Å². The largest absolute Gasteiger partial charge is 0.489 e. The van der Waals surface area contributed by atoms with E-state index in [1.54, 1.807) is 18.2 Å². The average molecular weight is 450 g/mol. The van der Waals surface area contributed by atoms with Gasteiger partial charge in [-0.25, -0.2) is 4.79 Å². The minimum Gasteiger partial charge on any atom is -0.489 e. The van der Waals surface area contributed by atoms with Crippen molar-refractivity contribution in [1.82, 2.24) is 4.90 Å². The summed E-state index contributed by atoms with van der Waals surface area (Å²) in [6, 6.07) is 11.2. The van der Waals surface area contributed by atoms with Gasteiger partial charge in [0, 0.05) is 48.3 Å². The van der Waals surface area contributed by atoms with Crippen molar-refractivity contribution in [2.24, 2.45) is 0 Å². The van der Waals surface area contributed by atoms with E-state index in [1.165, 1.54) is 12.1 Å². The van der Waals surface area contributed by atoms with Crippen molar-refractivity contribution in [2.75, 3.05) is 32.9 Å². The Morgan fingerprint density at radius 1 is 1.18 bits per heavy atom. The summed E-state index contributed by atoms with van der Waals surface area (Å²) >= 11 is 0. The van der Waals surface area contributed by atoms with Crippen LogP contribution < -0.4 is 15.1 Å². The van der Waals surface area contributed by atoms with Gasteiger partial charge in [0.2, 0.25) is 0 Å². The zero-order valence-corrected chi connectivity index (χ0v) is 18.0. The normalized spacial score (nSPS) is 19.4.